The van der Waals surface area contributed by atoms with Crippen molar-refractivity contribution in [3.8, 4) is 5.75 Å². The van der Waals surface area contributed by atoms with Gasteiger partial charge in [0.1, 0.15) is 11.3 Å². The second-order valence-electron chi connectivity index (χ2n) is 3.91. The average Bonchev–Trinajstić information content (AvgIpc) is 2.27. The van der Waals surface area contributed by atoms with Crippen molar-refractivity contribution < 1.29 is 9.28 Å². The van der Waals surface area contributed by atoms with Crippen LogP contribution in [0.2, 0.25) is 0 Å². The Hall–Kier alpha value is -1.91. The molecular weight excluding hydrogens is 206 g/mol. The van der Waals surface area contributed by atoms with Crippen LogP contribution in [0.3, 0.4) is 0 Å². The fraction of sp³-hybridized carbons (Fsp3) is 0.364. The monoisotopic (exact) mass is 220 g/mol. The number of ether oxygens (including phenoxy) is 1. The van der Waals surface area contributed by atoms with E-state index in [4.69, 9.17) is 4.74 Å². The maximum atomic E-state index is 11.6. The lowest BCUT2D eigenvalue weighted by atomic mass is 10.2. The first-order valence-corrected chi connectivity index (χ1v) is 5.12. The Balaban J connectivity index is 2.70. The molecule has 5 nitrogen and oxygen atoms in total. The van der Waals surface area contributed by atoms with Gasteiger partial charge in [0.15, 0.2) is 0 Å². The highest BCUT2D eigenvalue weighted by atomic mass is 16.5. The fourth-order valence-electron chi connectivity index (χ4n) is 1.52. The highest BCUT2D eigenvalue weighted by molar-refractivity contribution is 5.74. The molecule has 16 heavy (non-hydrogen) atoms. The van der Waals surface area contributed by atoms with Gasteiger partial charge < -0.3 is 4.74 Å². The first kappa shape index (κ1) is 10.6. The van der Waals surface area contributed by atoms with Crippen molar-refractivity contribution >= 4 is 11.0 Å². The standard InChI is InChI=1S/C11H14N3O2/c1-7(2)11-12-10-6-8(16-3)4-5-9(10)13-14(11)15/h4-7H,1-3H3,(H,13,15)/q+1. The number of aromatic amines is 1. The van der Waals surface area contributed by atoms with Crippen molar-refractivity contribution in [2.75, 3.05) is 7.11 Å². The van der Waals surface area contributed by atoms with Gasteiger partial charge in [-0.25, -0.2) is 0 Å². The number of benzene rings is 1. The Labute approximate surface area is 92.7 Å². The molecular formula is C11H14N3O2+. The number of nitrogens with one attached hydrogen (secondary N) is 1. The summed E-state index contributed by atoms with van der Waals surface area (Å²) in [5.41, 5.74) is 1.43. The van der Waals surface area contributed by atoms with Crippen molar-refractivity contribution in [3.63, 3.8) is 0 Å². The van der Waals surface area contributed by atoms with E-state index < -0.39 is 0 Å². The Morgan fingerprint density at radius 1 is 1.44 bits per heavy atom. The van der Waals surface area contributed by atoms with Gasteiger partial charge in [-0.1, -0.05) is 13.8 Å². The van der Waals surface area contributed by atoms with Crippen molar-refractivity contribution in [3.05, 3.63) is 28.9 Å². The highest BCUT2D eigenvalue weighted by Gasteiger charge is 2.18. The zero-order chi connectivity index (χ0) is 11.7. The van der Waals surface area contributed by atoms with E-state index in [1.54, 1.807) is 25.3 Å². The highest BCUT2D eigenvalue weighted by Crippen LogP contribution is 2.17. The lowest BCUT2D eigenvalue weighted by Gasteiger charge is -1.99. The van der Waals surface area contributed by atoms with Gasteiger partial charge >= 0.3 is 5.82 Å². The van der Waals surface area contributed by atoms with Crippen LogP contribution in [0.5, 0.6) is 5.75 Å². The number of rotatable bonds is 2. The Kier molecular flexibility index (Phi) is 2.60. The molecule has 0 unspecified atom stereocenters. The van der Waals surface area contributed by atoms with Crippen molar-refractivity contribution in [2.24, 2.45) is 0 Å². The molecule has 0 amide bonds. The van der Waals surface area contributed by atoms with E-state index in [1.807, 2.05) is 13.8 Å². The number of fused-ring (bicyclic) bond motifs is 1. The van der Waals surface area contributed by atoms with Crippen LogP contribution in [0.1, 0.15) is 25.6 Å². The van der Waals surface area contributed by atoms with Gasteiger partial charge in [-0.15, -0.1) is 0 Å². The molecule has 1 aromatic carbocycles. The van der Waals surface area contributed by atoms with Crippen molar-refractivity contribution in [2.45, 2.75) is 19.8 Å². The minimum atomic E-state index is 0.0735. The SMILES string of the molecule is COc1ccc2[nH][n+](=O)c(C(C)C)nc2c1. The summed E-state index contributed by atoms with van der Waals surface area (Å²) in [7, 11) is 1.60. The molecule has 0 aliphatic rings. The third kappa shape index (κ3) is 1.76. The lowest BCUT2D eigenvalue weighted by molar-refractivity contribution is -0.575. The van der Waals surface area contributed by atoms with Gasteiger partial charge in [0.05, 0.1) is 17.6 Å². The summed E-state index contributed by atoms with van der Waals surface area (Å²) in [5, 5.41) is 2.73. The van der Waals surface area contributed by atoms with E-state index in [1.165, 1.54) is 0 Å². The molecule has 0 atom stereocenters. The Morgan fingerprint density at radius 3 is 2.81 bits per heavy atom. The maximum Gasteiger partial charge on any atom is 0.367 e. The fourth-order valence-corrected chi connectivity index (χ4v) is 1.52. The molecule has 0 fully saturated rings. The average molecular weight is 220 g/mol. The smallest absolute Gasteiger partial charge is 0.367 e. The summed E-state index contributed by atoms with van der Waals surface area (Å²) in [5.74, 6) is 1.27. The molecule has 2 rings (SSSR count). The summed E-state index contributed by atoms with van der Waals surface area (Å²) in [4.78, 5) is 15.9. The molecule has 0 saturated heterocycles. The number of hydrogen-bond donors (Lipinski definition) is 1. The van der Waals surface area contributed by atoms with Crippen LogP contribution in [0, 0.1) is 4.91 Å². The quantitative estimate of drug-likeness (QED) is 0.782. The number of aromatic nitrogens is 3. The number of nitrogens with zero attached hydrogens (tertiary/aromatic N) is 2. The minimum absolute atomic E-state index is 0.0735. The van der Waals surface area contributed by atoms with Crippen LogP contribution in [0.25, 0.3) is 11.0 Å². The molecule has 1 aromatic heterocycles. The third-order valence-corrected chi connectivity index (χ3v) is 2.39. The summed E-state index contributed by atoms with van der Waals surface area (Å²) in [6.45, 7) is 3.85. The summed E-state index contributed by atoms with van der Waals surface area (Å²) in [6, 6.07) is 5.37. The maximum absolute atomic E-state index is 11.6. The predicted molar refractivity (Wildman–Crippen MR) is 60.1 cm³/mol. The van der Waals surface area contributed by atoms with Crippen LogP contribution >= 0.6 is 0 Å². The zero-order valence-electron chi connectivity index (χ0n) is 9.52. The van der Waals surface area contributed by atoms with Gasteiger partial charge in [0.25, 0.3) is 0 Å². The van der Waals surface area contributed by atoms with Crippen LogP contribution in [-0.4, -0.2) is 17.2 Å². The number of H-pyrrole nitrogens is 1. The van der Waals surface area contributed by atoms with Gasteiger partial charge in [0.2, 0.25) is 5.52 Å². The molecule has 0 saturated carbocycles. The van der Waals surface area contributed by atoms with Crippen LogP contribution in [-0.2, 0) is 0 Å². The van der Waals surface area contributed by atoms with Crippen molar-refractivity contribution in [1.82, 2.24) is 10.1 Å². The normalized spacial score (nSPS) is 11.0. The van der Waals surface area contributed by atoms with E-state index in [0.29, 0.717) is 15.9 Å². The van der Waals surface area contributed by atoms with E-state index in [0.717, 1.165) is 11.3 Å². The molecule has 84 valence electrons. The van der Waals surface area contributed by atoms with E-state index in [-0.39, 0.29) is 5.92 Å². The van der Waals surface area contributed by atoms with Crippen LogP contribution in [0.4, 0.5) is 0 Å². The predicted octanol–water partition coefficient (Wildman–Crippen LogP) is 1.61. The van der Waals surface area contributed by atoms with E-state index in [2.05, 4.69) is 10.1 Å². The van der Waals surface area contributed by atoms with E-state index in [9.17, 15) is 4.91 Å². The Morgan fingerprint density at radius 2 is 2.19 bits per heavy atom. The second-order valence-corrected chi connectivity index (χ2v) is 3.91. The minimum Gasteiger partial charge on any atom is -0.497 e. The summed E-state index contributed by atoms with van der Waals surface area (Å²) < 4.78 is 5.82. The third-order valence-electron chi connectivity index (χ3n) is 2.39. The summed E-state index contributed by atoms with van der Waals surface area (Å²) >= 11 is 0. The molecule has 0 aliphatic carbocycles. The molecule has 1 N–H and O–H groups in total. The molecule has 1 heterocycles. The molecule has 5 heteroatoms. The molecule has 0 radical (unpaired) electrons. The van der Waals surface area contributed by atoms with Crippen molar-refractivity contribution in [1.29, 1.82) is 0 Å². The first-order chi connectivity index (χ1) is 7.61. The van der Waals surface area contributed by atoms with Gasteiger partial charge in [-0.2, -0.15) is 5.10 Å². The van der Waals surface area contributed by atoms with E-state index >= 15 is 0 Å². The first-order valence-electron chi connectivity index (χ1n) is 5.12. The molecule has 0 bridgehead atoms. The Bertz CT molecular complexity index is 575. The van der Waals surface area contributed by atoms with Gasteiger partial charge in [0, 0.05) is 6.07 Å². The lowest BCUT2D eigenvalue weighted by Crippen LogP contribution is -2.28. The van der Waals surface area contributed by atoms with Gasteiger partial charge in [-0.3, -0.25) is 0 Å². The zero-order valence-corrected chi connectivity index (χ0v) is 9.52. The molecule has 0 spiro atoms. The molecule has 0 aliphatic heterocycles. The summed E-state index contributed by atoms with van der Waals surface area (Å²) in [6.07, 6.45) is 0. The van der Waals surface area contributed by atoms with Crippen LogP contribution in [0.15, 0.2) is 18.2 Å². The number of hydrogen-bond acceptors (Lipinski definition) is 3. The van der Waals surface area contributed by atoms with Crippen LogP contribution < -0.4 is 9.28 Å². The largest absolute Gasteiger partial charge is 0.497 e. The topological polar surface area (TPSA) is 60.9 Å². The second kappa shape index (κ2) is 3.92. The van der Waals surface area contributed by atoms with Gasteiger partial charge in [-0.05, 0) is 22.0 Å². The molecule has 2 aromatic rings. The number of methoxy groups -OCH3 is 1.